The normalized spacial score (nSPS) is 11.2. The van der Waals surface area contributed by atoms with Crippen LogP contribution in [0.5, 0.6) is 0 Å². The maximum absolute atomic E-state index is 12.7. The zero-order valence-corrected chi connectivity index (χ0v) is 18.0. The van der Waals surface area contributed by atoms with E-state index in [4.69, 9.17) is 0 Å². The van der Waals surface area contributed by atoms with Crippen LogP contribution in [0.1, 0.15) is 16.8 Å². The predicted molar refractivity (Wildman–Crippen MR) is 118 cm³/mol. The van der Waals surface area contributed by atoms with E-state index in [9.17, 15) is 8.42 Å². The highest BCUT2D eigenvalue weighted by Gasteiger charge is 2.17. The first-order valence-corrected chi connectivity index (χ1v) is 10.6. The standard InChI is InChI=1S/C21H25N5O2S/c1-14-6-7-15(2)19(12-14)29(27,28)25-18-10-8-17(9-11-18)23-21-22-16(3)13-20(24-21)26(4)5/h6-13,25H,1-5H3,(H,22,23,24). The molecule has 0 atom stereocenters. The largest absolute Gasteiger partial charge is 0.363 e. The highest BCUT2D eigenvalue weighted by Crippen LogP contribution is 2.23. The highest BCUT2D eigenvalue weighted by molar-refractivity contribution is 7.92. The van der Waals surface area contributed by atoms with Gasteiger partial charge in [-0.15, -0.1) is 0 Å². The van der Waals surface area contributed by atoms with E-state index in [2.05, 4.69) is 20.0 Å². The van der Waals surface area contributed by atoms with Crippen LogP contribution in [0, 0.1) is 20.8 Å². The second kappa shape index (κ2) is 8.08. The van der Waals surface area contributed by atoms with Gasteiger partial charge in [-0.1, -0.05) is 12.1 Å². The van der Waals surface area contributed by atoms with E-state index in [0.717, 1.165) is 22.8 Å². The average Bonchev–Trinajstić information content (AvgIpc) is 2.64. The van der Waals surface area contributed by atoms with Crippen LogP contribution in [0.25, 0.3) is 0 Å². The Balaban J connectivity index is 1.78. The highest BCUT2D eigenvalue weighted by atomic mass is 32.2. The molecule has 0 spiro atoms. The molecule has 0 aliphatic heterocycles. The summed E-state index contributed by atoms with van der Waals surface area (Å²) in [5.74, 6) is 1.29. The first-order chi connectivity index (χ1) is 13.6. The molecule has 0 saturated heterocycles. The molecule has 0 amide bonds. The van der Waals surface area contributed by atoms with E-state index in [1.165, 1.54) is 0 Å². The molecule has 0 unspecified atom stereocenters. The number of benzene rings is 2. The molecule has 7 nitrogen and oxygen atoms in total. The molecule has 3 aromatic rings. The molecule has 1 heterocycles. The number of anilines is 4. The summed E-state index contributed by atoms with van der Waals surface area (Å²) in [5, 5.41) is 3.15. The lowest BCUT2D eigenvalue weighted by atomic mass is 10.2. The molecule has 29 heavy (non-hydrogen) atoms. The fourth-order valence-corrected chi connectivity index (χ4v) is 4.18. The molecule has 152 valence electrons. The molecule has 0 aliphatic carbocycles. The smallest absolute Gasteiger partial charge is 0.262 e. The Bertz CT molecular complexity index is 1130. The lowest BCUT2D eigenvalue weighted by molar-refractivity contribution is 0.600. The van der Waals surface area contributed by atoms with Crippen LogP contribution in [0.15, 0.2) is 53.4 Å². The number of hydrogen-bond donors (Lipinski definition) is 2. The van der Waals surface area contributed by atoms with Crippen LogP contribution in [0.3, 0.4) is 0 Å². The number of nitrogens with zero attached hydrogens (tertiary/aromatic N) is 3. The Morgan fingerprint density at radius 2 is 1.52 bits per heavy atom. The molecule has 1 aromatic heterocycles. The molecular formula is C21H25N5O2S. The number of aromatic nitrogens is 2. The fraction of sp³-hybridized carbons (Fsp3) is 0.238. The van der Waals surface area contributed by atoms with E-state index >= 15 is 0 Å². The summed E-state index contributed by atoms with van der Waals surface area (Å²) >= 11 is 0. The molecule has 3 rings (SSSR count). The van der Waals surface area contributed by atoms with E-state index in [1.807, 2.05) is 45.0 Å². The molecule has 8 heteroatoms. The number of hydrogen-bond acceptors (Lipinski definition) is 6. The lowest BCUT2D eigenvalue weighted by Crippen LogP contribution is -2.14. The molecular weight excluding hydrogens is 386 g/mol. The maximum atomic E-state index is 12.7. The monoisotopic (exact) mass is 411 g/mol. The van der Waals surface area contributed by atoms with Gasteiger partial charge in [-0.25, -0.2) is 13.4 Å². The Kier molecular flexibility index (Phi) is 5.74. The molecule has 2 N–H and O–H groups in total. The van der Waals surface area contributed by atoms with Crippen LogP contribution in [-0.2, 0) is 10.0 Å². The Hall–Kier alpha value is -3.13. The third-order valence-corrected chi connectivity index (χ3v) is 5.85. The second-order valence-corrected chi connectivity index (χ2v) is 8.81. The minimum atomic E-state index is -3.66. The number of sulfonamides is 1. The van der Waals surface area contributed by atoms with Crippen molar-refractivity contribution in [1.82, 2.24) is 9.97 Å². The van der Waals surface area contributed by atoms with Gasteiger partial charge in [0.2, 0.25) is 5.95 Å². The first kappa shape index (κ1) is 20.6. The van der Waals surface area contributed by atoms with Gasteiger partial charge in [0.1, 0.15) is 5.82 Å². The van der Waals surface area contributed by atoms with Crippen molar-refractivity contribution in [2.45, 2.75) is 25.7 Å². The first-order valence-electron chi connectivity index (χ1n) is 9.14. The van der Waals surface area contributed by atoms with Gasteiger partial charge in [0.05, 0.1) is 4.90 Å². The zero-order valence-electron chi connectivity index (χ0n) is 17.2. The second-order valence-electron chi connectivity index (χ2n) is 7.16. The summed E-state index contributed by atoms with van der Waals surface area (Å²) in [4.78, 5) is 11.0. The van der Waals surface area contributed by atoms with Gasteiger partial charge in [-0.2, -0.15) is 4.98 Å². The molecule has 0 saturated carbocycles. The number of rotatable bonds is 6. The Morgan fingerprint density at radius 1 is 0.862 bits per heavy atom. The summed E-state index contributed by atoms with van der Waals surface area (Å²) < 4.78 is 28.1. The number of nitrogens with one attached hydrogen (secondary N) is 2. The van der Waals surface area contributed by atoms with Gasteiger partial charge >= 0.3 is 0 Å². The summed E-state index contributed by atoms with van der Waals surface area (Å²) in [6.45, 7) is 5.56. The Morgan fingerprint density at radius 3 is 2.17 bits per heavy atom. The zero-order chi connectivity index (χ0) is 21.2. The van der Waals surface area contributed by atoms with Crippen molar-refractivity contribution in [3.8, 4) is 0 Å². The lowest BCUT2D eigenvalue weighted by Gasteiger charge is -2.14. The van der Waals surface area contributed by atoms with E-state index in [0.29, 0.717) is 17.2 Å². The molecule has 0 bridgehead atoms. The molecule has 0 aliphatic rings. The van der Waals surface area contributed by atoms with Gasteiger partial charge in [0, 0.05) is 37.2 Å². The molecule has 2 aromatic carbocycles. The third kappa shape index (κ3) is 5.03. The average molecular weight is 412 g/mol. The van der Waals surface area contributed by atoms with Crippen molar-refractivity contribution in [1.29, 1.82) is 0 Å². The summed E-state index contributed by atoms with van der Waals surface area (Å²) in [7, 11) is 0.178. The van der Waals surface area contributed by atoms with Crippen molar-refractivity contribution in [2.24, 2.45) is 0 Å². The fourth-order valence-electron chi connectivity index (χ4n) is 2.79. The van der Waals surface area contributed by atoms with Crippen LogP contribution in [-0.4, -0.2) is 32.5 Å². The number of aryl methyl sites for hydroxylation is 3. The van der Waals surface area contributed by atoms with Crippen molar-refractivity contribution in [2.75, 3.05) is 29.0 Å². The summed E-state index contributed by atoms with van der Waals surface area (Å²) in [5.41, 5.74) is 3.69. The van der Waals surface area contributed by atoms with E-state index < -0.39 is 10.0 Å². The van der Waals surface area contributed by atoms with E-state index in [-0.39, 0.29) is 4.90 Å². The minimum Gasteiger partial charge on any atom is -0.363 e. The molecule has 0 radical (unpaired) electrons. The van der Waals surface area contributed by atoms with Gasteiger partial charge in [0.25, 0.3) is 10.0 Å². The van der Waals surface area contributed by atoms with Crippen LogP contribution < -0.4 is 14.9 Å². The maximum Gasteiger partial charge on any atom is 0.262 e. The van der Waals surface area contributed by atoms with Crippen LogP contribution >= 0.6 is 0 Å². The van der Waals surface area contributed by atoms with Gasteiger partial charge < -0.3 is 10.2 Å². The third-order valence-electron chi connectivity index (χ3n) is 4.33. The Labute approximate surface area is 171 Å². The van der Waals surface area contributed by atoms with Crippen molar-refractivity contribution in [3.63, 3.8) is 0 Å². The van der Waals surface area contributed by atoms with Crippen molar-refractivity contribution >= 4 is 33.2 Å². The summed E-state index contributed by atoms with van der Waals surface area (Å²) in [6.07, 6.45) is 0. The summed E-state index contributed by atoms with van der Waals surface area (Å²) in [6, 6.07) is 14.2. The molecule has 0 fully saturated rings. The minimum absolute atomic E-state index is 0.282. The van der Waals surface area contributed by atoms with Crippen LogP contribution in [0.4, 0.5) is 23.1 Å². The van der Waals surface area contributed by atoms with E-state index in [1.54, 1.807) is 43.3 Å². The van der Waals surface area contributed by atoms with Crippen molar-refractivity contribution < 1.29 is 8.42 Å². The van der Waals surface area contributed by atoms with Crippen molar-refractivity contribution in [3.05, 3.63) is 65.4 Å². The predicted octanol–water partition coefficient (Wildman–Crippen LogP) is 4.01. The van der Waals surface area contributed by atoms with Gasteiger partial charge in [-0.05, 0) is 62.2 Å². The quantitative estimate of drug-likeness (QED) is 0.637. The van der Waals surface area contributed by atoms with Gasteiger partial charge in [-0.3, -0.25) is 4.72 Å². The topological polar surface area (TPSA) is 87.2 Å². The van der Waals surface area contributed by atoms with Gasteiger partial charge in [0.15, 0.2) is 0 Å². The van der Waals surface area contributed by atoms with Crippen LogP contribution in [0.2, 0.25) is 0 Å². The SMILES string of the molecule is Cc1ccc(C)c(S(=O)(=O)Nc2ccc(Nc3nc(C)cc(N(C)C)n3)cc2)c1.